The van der Waals surface area contributed by atoms with E-state index < -0.39 is 24.5 Å². The van der Waals surface area contributed by atoms with Crippen molar-refractivity contribution in [2.24, 2.45) is 0 Å². The van der Waals surface area contributed by atoms with Crippen molar-refractivity contribution in [2.75, 3.05) is 17.7 Å². The summed E-state index contributed by atoms with van der Waals surface area (Å²) in [5.74, 6) is -0.315. The van der Waals surface area contributed by atoms with Crippen LogP contribution in [0.2, 0.25) is 0 Å². The van der Waals surface area contributed by atoms with Crippen LogP contribution in [0.5, 0.6) is 0 Å². The average Bonchev–Trinajstić information content (AvgIpc) is 3.31. The zero-order chi connectivity index (χ0) is 20.3. The minimum atomic E-state index is -0.757. The molecule has 2 heterocycles. The molecule has 1 aliphatic heterocycles. The van der Waals surface area contributed by atoms with E-state index in [-0.39, 0.29) is 11.3 Å². The fourth-order valence-corrected chi connectivity index (χ4v) is 4.39. The lowest BCUT2D eigenvalue weighted by Gasteiger charge is -2.25. The van der Waals surface area contributed by atoms with Crippen molar-refractivity contribution in [3.63, 3.8) is 0 Å². The molecule has 1 fully saturated rings. The van der Waals surface area contributed by atoms with Crippen molar-refractivity contribution in [1.29, 1.82) is 0 Å². The number of nitrogens with one attached hydrogen (secondary N) is 1. The van der Waals surface area contributed by atoms with Crippen LogP contribution in [0.4, 0.5) is 5.69 Å². The predicted octanol–water partition coefficient (Wildman–Crippen LogP) is 3.04. The standard InChI is InChI=1S/C20H22N2O5S/c1-12-6-7-15(9-13(12)2)21-18(24)10-27-20(25)16-11-28-19(22(16)14(3)23)17-5-4-8-26-17/h4-9,16,19H,10-11H2,1-3H3,(H,21,24)/t16-,19-/m0/s1. The van der Waals surface area contributed by atoms with Crippen LogP contribution >= 0.6 is 11.8 Å². The summed E-state index contributed by atoms with van der Waals surface area (Å²) >= 11 is 1.42. The van der Waals surface area contributed by atoms with E-state index in [9.17, 15) is 14.4 Å². The number of esters is 1. The molecule has 0 radical (unpaired) electrons. The maximum Gasteiger partial charge on any atom is 0.330 e. The van der Waals surface area contributed by atoms with Gasteiger partial charge in [-0.25, -0.2) is 4.79 Å². The van der Waals surface area contributed by atoms with Crippen molar-refractivity contribution in [3.8, 4) is 0 Å². The van der Waals surface area contributed by atoms with E-state index in [1.165, 1.54) is 29.8 Å². The molecule has 28 heavy (non-hydrogen) atoms. The Morgan fingerprint density at radius 1 is 1.25 bits per heavy atom. The number of hydrogen-bond acceptors (Lipinski definition) is 6. The number of amides is 2. The van der Waals surface area contributed by atoms with Gasteiger partial charge in [0.15, 0.2) is 6.61 Å². The molecule has 148 valence electrons. The number of rotatable bonds is 5. The van der Waals surface area contributed by atoms with E-state index in [0.29, 0.717) is 17.2 Å². The Hall–Kier alpha value is -2.74. The molecular formula is C20H22N2O5S. The monoisotopic (exact) mass is 402 g/mol. The minimum Gasteiger partial charge on any atom is -0.466 e. The van der Waals surface area contributed by atoms with Crippen LogP contribution in [0.15, 0.2) is 41.0 Å². The normalized spacial score (nSPS) is 18.8. The zero-order valence-electron chi connectivity index (χ0n) is 15.9. The van der Waals surface area contributed by atoms with E-state index in [1.807, 2.05) is 26.0 Å². The number of benzene rings is 1. The van der Waals surface area contributed by atoms with Gasteiger partial charge in [0.1, 0.15) is 17.2 Å². The second kappa shape index (κ2) is 8.52. The SMILES string of the molecule is CC(=O)N1[C@H](C(=O)OCC(=O)Nc2ccc(C)c(C)c2)CS[C@H]1c1ccco1. The molecule has 1 aliphatic rings. The maximum atomic E-state index is 12.5. The summed E-state index contributed by atoms with van der Waals surface area (Å²) in [6.45, 7) is 4.92. The smallest absolute Gasteiger partial charge is 0.330 e. The summed E-state index contributed by atoms with van der Waals surface area (Å²) in [5.41, 5.74) is 2.82. The van der Waals surface area contributed by atoms with Crippen LogP contribution in [0, 0.1) is 13.8 Å². The molecule has 1 N–H and O–H groups in total. The molecule has 2 atom stereocenters. The third kappa shape index (κ3) is 4.39. The summed E-state index contributed by atoms with van der Waals surface area (Å²) in [7, 11) is 0. The van der Waals surface area contributed by atoms with Gasteiger partial charge in [-0.2, -0.15) is 0 Å². The van der Waals surface area contributed by atoms with E-state index >= 15 is 0 Å². The van der Waals surface area contributed by atoms with Gasteiger partial charge in [0, 0.05) is 18.4 Å². The van der Waals surface area contributed by atoms with Gasteiger partial charge in [-0.15, -0.1) is 11.8 Å². The van der Waals surface area contributed by atoms with Crippen LogP contribution in [0.25, 0.3) is 0 Å². The molecule has 1 saturated heterocycles. The fraction of sp³-hybridized carbons (Fsp3) is 0.350. The summed E-state index contributed by atoms with van der Waals surface area (Å²) < 4.78 is 10.5. The summed E-state index contributed by atoms with van der Waals surface area (Å²) in [4.78, 5) is 38.1. The number of carbonyl (C=O) groups excluding carboxylic acids is 3. The molecule has 0 bridgehead atoms. The quantitative estimate of drug-likeness (QED) is 0.774. The van der Waals surface area contributed by atoms with Crippen LogP contribution in [0.3, 0.4) is 0 Å². The van der Waals surface area contributed by atoms with Gasteiger partial charge >= 0.3 is 5.97 Å². The lowest BCUT2D eigenvalue weighted by molar-refractivity contribution is -0.155. The van der Waals surface area contributed by atoms with Crippen molar-refractivity contribution in [3.05, 3.63) is 53.5 Å². The third-order valence-corrected chi connectivity index (χ3v) is 5.84. The van der Waals surface area contributed by atoms with Crippen LogP contribution in [0.1, 0.15) is 29.2 Å². The summed E-state index contributed by atoms with van der Waals surface area (Å²) in [6, 6.07) is 8.29. The Kier molecular flexibility index (Phi) is 6.08. The number of nitrogens with zero attached hydrogens (tertiary/aromatic N) is 1. The van der Waals surface area contributed by atoms with Crippen molar-refractivity contribution in [1.82, 2.24) is 4.90 Å². The van der Waals surface area contributed by atoms with Gasteiger partial charge in [0.25, 0.3) is 5.91 Å². The molecule has 3 rings (SSSR count). The zero-order valence-corrected chi connectivity index (χ0v) is 16.7. The Morgan fingerprint density at radius 2 is 2.04 bits per heavy atom. The molecule has 7 nitrogen and oxygen atoms in total. The highest BCUT2D eigenvalue weighted by atomic mass is 32.2. The molecule has 0 spiro atoms. The van der Waals surface area contributed by atoms with Crippen LogP contribution in [-0.4, -0.2) is 41.1 Å². The second-order valence-electron chi connectivity index (χ2n) is 6.60. The van der Waals surface area contributed by atoms with Crippen molar-refractivity contribution >= 4 is 35.2 Å². The molecule has 1 aromatic carbocycles. The van der Waals surface area contributed by atoms with E-state index in [4.69, 9.17) is 9.15 Å². The lowest BCUT2D eigenvalue weighted by Crippen LogP contribution is -2.43. The topological polar surface area (TPSA) is 88.8 Å². The number of carbonyl (C=O) groups is 3. The molecule has 0 saturated carbocycles. The average molecular weight is 402 g/mol. The van der Waals surface area contributed by atoms with Gasteiger partial charge in [-0.05, 0) is 49.2 Å². The molecule has 2 aromatic rings. The highest BCUT2D eigenvalue weighted by Gasteiger charge is 2.43. The molecule has 8 heteroatoms. The molecule has 2 amide bonds. The Balaban J connectivity index is 1.58. The number of ether oxygens (including phenoxy) is 1. The Bertz CT molecular complexity index is 881. The van der Waals surface area contributed by atoms with Crippen molar-refractivity contribution < 1.29 is 23.5 Å². The van der Waals surface area contributed by atoms with Crippen LogP contribution in [-0.2, 0) is 19.1 Å². The lowest BCUT2D eigenvalue weighted by atomic mass is 10.1. The van der Waals surface area contributed by atoms with Gasteiger partial charge in [-0.1, -0.05) is 6.07 Å². The summed E-state index contributed by atoms with van der Waals surface area (Å²) in [6.07, 6.45) is 1.52. The minimum absolute atomic E-state index is 0.257. The summed E-state index contributed by atoms with van der Waals surface area (Å²) in [5, 5.41) is 2.32. The van der Waals surface area contributed by atoms with Gasteiger partial charge < -0.3 is 19.4 Å². The highest BCUT2D eigenvalue weighted by molar-refractivity contribution is 7.99. The second-order valence-corrected chi connectivity index (χ2v) is 7.71. The number of anilines is 1. The first-order valence-corrected chi connectivity index (χ1v) is 9.89. The first-order valence-electron chi connectivity index (χ1n) is 8.84. The fourth-order valence-electron chi connectivity index (χ4n) is 2.97. The van der Waals surface area contributed by atoms with Gasteiger partial charge in [0.2, 0.25) is 5.91 Å². The predicted molar refractivity (Wildman–Crippen MR) is 106 cm³/mol. The van der Waals surface area contributed by atoms with E-state index in [0.717, 1.165) is 11.1 Å². The molecule has 1 aromatic heterocycles. The Labute approximate surface area is 167 Å². The molecule has 0 unspecified atom stereocenters. The molecular weight excluding hydrogens is 380 g/mol. The van der Waals surface area contributed by atoms with Crippen LogP contribution < -0.4 is 5.32 Å². The van der Waals surface area contributed by atoms with Crippen molar-refractivity contribution in [2.45, 2.75) is 32.2 Å². The van der Waals surface area contributed by atoms with Gasteiger partial charge in [-0.3, -0.25) is 9.59 Å². The van der Waals surface area contributed by atoms with E-state index in [1.54, 1.807) is 18.2 Å². The highest BCUT2D eigenvalue weighted by Crippen LogP contribution is 2.41. The first kappa shape index (κ1) is 20.0. The third-order valence-electron chi connectivity index (χ3n) is 4.56. The maximum absolute atomic E-state index is 12.5. The Morgan fingerprint density at radius 3 is 2.68 bits per heavy atom. The number of thioether (sulfide) groups is 1. The number of furan rings is 1. The largest absolute Gasteiger partial charge is 0.466 e. The van der Waals surface area contributed by atoms with Gasteiger partial charge in [0.05, 0.1) is 6.26 Å². The first-order chi connectivity index (χ1) is 13.4. The number of hydrogen-bond donors (Lipinski definition) is 1. The molecule has 0 aliphatic carbocycles. The number of aryl methyl sites for hydroxylation is 2. The van der Waals surface area contributed by atoms with E-state index in [2.05, 4.69) is 5.32 Å².